The van der Waals surface area contributed by atoms with Gasteiger partial charge in [-0.1, -0.05) is 20.8 Å². The Bertz CT molecular complexity index is 553. The van der Waals surface area contributed by atoms with Crippen LogP contribution in [0.15, 0.2) is 0 Å². The second-order valence-corrected chi connectivity index (χ2v) is 7.84. The van der Waals surface area contributed by atoms with Crippen molar-refractivity contribution < 1.29 is 14.4 Å². The van der Waals surface area contributed by atoms with Gasteiger partial charge in [-0.25, -0.2) is 0 Å². The number of nitrogens with zero attached hydrogens (tertiary/aromatic N) is 3. The fourth-order valence-electron chi connectivity index (χ4n) is 3.46. The predicted molar refractivity (Wildman–Crippen MR) is 88.7 cm³/mol. The van der Waals surface area contributed by atoms with Crippen molar-refractivity contribution in [3.8, 4) is 6.07 Å². The molecule has 2 amide bonds. The van der Waals surface area contributed by atoms with Crippen LogP contribution in [0.3, 0.4) is 0 Å². The van der Waals surface area contributed by atoms with E-state index >= 15 is 0 Å². The van der Waals surface area contributed by atoms with Gasteiger partial charge in [0, 0.05) is 37.5 Å². The first-order chi connectivity index (χ1) is 11.3. The van der Waals surface area contributed by atoms with Crippen LogP contribution in [0.2, 0.25) is 0 Å². The number of nitriles is 1. The summed E-state index contributed by atoms with van der Waals surface area (Å²) in [6.45, 7) is 7.78. The largest absolute Gasteiger partial charge is 0.342 e. The van der Waals surface area contributed by atoms with E-state index in [0.29, 0.717) is 32.6 Å². The number of amides is 2. The van der Waals surface area contributed by atoms with Gasteiger partial charge < -0.3 is 9.80 Å². The molecule has 0 unspecified atom stereocenters. The molecule has 2 aliphatic rings. The fourth-order valence-corrected chi connectivity index (χ4v) is 3.46. The molecule has 2 atom stereocenters. The average Bonchev–Trinajstić information content (AvgIpc) is 3.08. The quantitative estimate of drug-likeness (QED) is 0.735. The van der Waals surface area contributed by atoms with Crippen LogP contribution in [0.25, 0.3) is 0 Å². The van der Waals surface area contributed by atoms with E-state index in [1.54, 1.807) is 9.80 Å². The lowest BCUT2D eigenvalue weighted by Gasteiger charge is -2.36. The summed E-state index contributed by atoms with van der Waals surface area (Å²) < 4.78 is 0. The molecule has 0 saturated carbocycles. The second kappa shape index (κ2) is 7.33. The van der Waals surface area contributed by atoms with Crippen LogP contribution in [-0.2, 0) is 14.4 Å². The molecule has 2 saturated heterocycles. The lowest BCUT2D eigenvalue weighted by molar-refractivity contribution is -0.144. The Morgan fingerprint density at radius 3 is 2.17 bits per heavy atom. The summed E-state index contributed by atoms with van der Waals surface area (Å²) in [7, 11) is 0. The number of piperidine rings is 1. The van der Waals surface area contributed by atoms with Gasteiger partial charge in [-0.3, -0.25) is 14.4 Å². The first-order valence-corrected chi connectivity index (χ1v) is 8.77. The Labute approximate surface area is 143 Å². The molecular weight excluding hydrogens is 306 g/mol. The first kappa shape index (κ1) is 18.4. The maximum atomic E-state index is 12.7. The van der Waals surface area contributed by atoms with E-state index in [9.17, 15) is 19.6 Å². The van der Waals surface area contributed by atoms with Crippen molar-refractivity contribution >= 4 is 17.6 Å². The Hall–Kier alpha value is -1.90. The van der Waals surface area contributed by atoms with E-state index in [-0.39, 0.29) is 17.6 Å². The molecule has 0 aliphatic carbocycles. The van der Waals surface area contributed by atoms with E-state index < -0.39 is 17.3 Å². The zero-order chi connectivity index (χ0) is 17.9. The summed E-state index contributed by atoms with van der Waals surface area (Å²) in [4.78, 5) is 40.9. The molecule has 0 N–H and O–H groups in total. The highest BCUT2D eigenvalue weighted by atomic mass is 16.2. The monoisotopic (exact) mass is 333 g/mol. The van der Waals surface area contributed by atoms with Crippen LogP contribution in [0, 0.1) is 28.6 Å². The first-order valence-electron chi connectivity index (χ1n) is 8.77. The minimum absolute atomic E-state index is 0.0133. The summed E-state index contributed by atoms with van der Waals surface area (Å²) >= 11 is 0. The maximum Gasteiger partial charge on any atom is 0.247 e. The van der Waals surface area contributed by atoms with Crippen LogP contribution in [0.5, 0.6) is 0 Å². The molecule has 0 bridgehead atoms. The van der Waals surface area contributed by atoms with Gasteiger partial charge in [0.1, 0.15) is 0 Å². The highest BCUT2D eigenvalue weighted by Crippen LogP contribution is 2.26. The lowest BCUT2D eigenvalue weighted by atomic mass is 9.85. The van der Waals surface area contributed by atoms with Crippen molar-refractivity contribution in [2.24, 2.45) is 17.3 Å². The van der Waals surface area contributed by atoms with Gasteiger partial charge in [0.25, 0.3) is 0 Å². The van der Waals surface area contributed by atoms with Gasteiger partial charge in [0.05, 0.1) is 6.07 Å². The third kappa shape index (κ3) is 3.95. The lowest BCUT2D eigenvalue weighted by Crippen LogP contribution is -2.49. The summed E-state index contributed by atoms with van der Waals surface area (Å²) in [5.41, 5.74) is -0.495. The third-order valence-electron chi connectivity index (χ3n) is 4.83. The van der Waals surface area contributed by atoms with Gasteiger partial charge in [0.2, 0.25) is 11.8 Å². The molecule has 0 radical (unpaired) electrons. The van der Waals surface area contributed by atoms with Crippen molar-refractivity contribution in [3.05, 3.63) is 0 Å². The molecular formula is C18H27N3O3. The van der Waals surface area contributed by atoms with Crippen molar-refractivity contribution in [2.45, 2.75) is 46.5 Å². The molecule has 132 valence electrons. The Balaban J connectivity index is 2.06. The molecule has 2 heterocycles. The number of rotatable bonds is 3. The zero-order valence-electron chi connectivity index (χ0n) is 14.9. The van der Waals surface area contributed by atoms with Crippen molar-refractivity contribution in [2.75, 3.05) is 26.2 Å². The Kier molecular flexibility index (Phi) is 5.63. The SMILES string of the molecule is CC(C)(C)C(=O)N1CCC[C@@H](C(=O)[C@H](C#N)C(=O)N2CCCC2)C1. The van der Waals surface area contributed by atoms with Crippen LogP contribution in [0.1, 0.15) is 46.5 Å². The Morgan fingerprint density at radius 2 is 1.62 bits per heavy atom. The van der Waals surface area contributed by atoms with Gasteiger partial charge in [-0.05, 0) is 25.7 Å². The van der Waals surface area contributed by atoms with Crippen LogP contribution >= 0.6 is 0 Å². The topological polar surface area (TPSA) is 81.5 Å². The number of carbonyl (C=O) groups is 3. The summed E-state index contributed by atoms with van der Waals surface area (Å²) in [5, 5.41) is 9.36. The maximum absolute atomic E-state index is 12.7. The fraction of sp³-hybridized carbons (Fsp3) is 0.778. The summed E-state index contributed by atoms with van der Waals surface area (Å²) in [6.07, 6.45) is 3.22. The van der Waals surface area contributed by atoms with Crippen LogP contribution in [0.4, 0.5) is 0 Å². The van der Waals surface area contributed by atoms with Crippen molar-refractivity contribution in [1.29, 1.82) is 5.26 Å². The van der Waals surface area contributed by atoms with Gasteiger partial charge >= 0.3 is 0 Å². The standard InChI is InChI=1S/C18H27N3O3/c1-18(2,3)17(24)21-10-6-7-13(12-21)15(22)14(11-19)16(23)20-8-4-5-9-20/h13-14H,4-10,12H2,1-3H3/t13-,14+/m1/s1. The van der Waals surface area contributed by atoms with E-state index in [2.05, 4.69) is 0 Å². The zero-order valence-corrected chi connectivity index (χ0v) is 14.9. The molecule has 6 heteroatoms. The number of Topliss-reactive ketones (excluding diaryl/α,β-unsaturated/α-hetero) is 1. The molecule has 6 nitrogen and oxygen atoms in total. The van der Waals surface area contributed by atoms with E-state index in [1.165, 1.54) is 0 Å². The van der Waals surface area contributed by atoms with E-state index in [0.717, 1.165) is 19.3 Å². The summed E-state index contributed by atoms with van der Waals surface area (Å²) in [6, 6.07) is 1.91. The highest BCUT2D eigenvalue weighted by Gasteiger charge is 2.39. The van der Waals surface area contributed by atoms with Crippen molar-refractivity contribution in [1.82, 2.24) is 9.80 Å². The number of carbonyl (C=O) groups excluding carboxylic acids is 3. The van der Waals surface area contributed by atoms with Gasteiger partial charge in [-0.15, -0.1) is 0 Å². The van der Waals surface area contributed by atoms with Crippen LogP contribution in [-0.4, -0.2) is 53.6 Å². The van der Waals surface area contributed by atoms with Gasteiger partial charge in [0.15, 0.2) is 11.7 Å². The highest BCUT2D eigenvalue weighted by molar-refractivity contribution is 6.05. The minimum Gasteiger partial charge on any atom is -0.342 e. The molecule has 0 aromatic heterocycles. The molecule has 2 aliphatic heterocycles. The summed E-state index contributed by atoms with van der Waals surface area (Å²) in [5.74, 6) is -2.31. The Morgan fingerprint density at radius 1 is 1.04 bits per heavy atom. The van der Waals surface area contributed by atoms with E-state index in [4.69, 9.17) is 0 Å². The molecule has 2 rings (SSSR count). The van der Waals surface area contributed by atoms with Gasteiger partial charge in [-0.2, -0.15) is 5.26 Å². The number of hydrogen-bond donors (Lipinski definition) is 0. The normalized spacial score (nSPS) is 22.8. The smallest absolute Gasteiger partial charge is 0.247 e. The van der Waals surface area contributed by atoms with E-state index in [1.807, 2.05) is 26.8 Å². The molecule has 0 spiro atoms. The van der Waals surface area contributed by atoms with Crippen LogP contribution < -0.4 is 0 Å². The second-order valence-electron chi connectivity index (χ2n) is 7.84. The third-order valence-corrected chi connectivity index (χ3v) is 4.83. The van der Waals surface area contributed by atoms with Crippen molar-refractivity contribution in [3.63, 3.8) is 0 Å². The molecule has 2 fully saturated rings. The molecule has 0 aromatic rings. The molecule has 0 aromatic carbocycles. The minimum atomic E-state index is -1.22. The number of hydrogen-bond acceptors (Lipinski definition) is 4. The predicted octanol–water partition coefficient (Wildman–Crippen LogP) is 1.60. The number of likely N-dealkylation sites (tertiary alicyclic amines) is 2. The average molecular weight is 333 g/mol. The molecule has 24 heavy (non-hydrogen) atoms. The number of ketones is 1.